The Morgan fingerprint density at radius 3 is 2.85 bits per heavy atom. The van der Waals surface area contributed by atoms with Crippen LogP contribution >= 0.6 is 23.1 Å². The number of thioether (sulfide) groups is 1. The highest BCUT2D eigenvalue weighted by Crippen LogP contribution is 2.40. The Labute approximate surface area is 165 Å². The smallest absolute Gasteiger partial charge is 0.341 e. The molecule has 2 aromatic rings. The Hall–Kier alpha value is -1.87. The number of methoxy groups -OCH3 is 1. The average molecular weight is 408 g/mol. The van der Waals surface area contributed by atoms with E-state index in [0.29, 0.717) is 27.6 Å². The number of aromatic nitrogens is 2. The fraction of sp³-hybridized carbons (Fsp3) is 0.556. The van der Waals surface area contributed by atoms with Crippen LogP contribution in [0.1, 0.15) is 64.7 Å². The van der Waals surface area contributed by atoms with E-state index in [1.54, 1.807) is 0 Å². The number of hydrogen-bond acceptors (Lipinski definition) is 8. The lowest BCUT2D eigenvalue weighted by atomic mass is 10.1. The van der Waals surface area contributed by atoms with Gasteiger partial charge in [-0.1, -0.05) is 18.2 Å². The van der Waals surface area contributed by atoms with E-state index in [1.165, 1.54) is 35.1 Å². The van der Waals surface area contributed by atoms with Crippen molar-refractivity contribution in [3.8, 4) is 0 Å². The Balaban J connectivity index is 1.44. The number of amides is 1. The molecular formula is C18H21N3O4S2. The number of thiophene rings is 1. The van der Waals surface area contributed by atoms with Crippen LogP contribution in [-0.4, -0.2) is 34.9 Å². The zero-order valence-electron chi connectivity index (χ0n) is 15.1. The van der Waals surface area contributed by atoms with Gasteiger partial charge in [-0.15, -0.1) is 21.5 Å². The van der Waals surface area contributed by atoms with Crippen LogP contribution in [0.4, 0.5) is 5.00 Å². The van der Waals surface area contributed by atoms with Crippen molar-refractivity contribution in [2.75, 3.05) is 18.2 Å². The van der Waals surface area contributed by atoms with E-state index in [-0.39, 0.29) is 17.6 Å². The molecule has 2 aliphatic rings. The highest BCUT2D eigenvalue weighted by atomic mass is 32.2. The fourth-order valence-corrected chi connectivity index (χ4v) is 5.08. The van der Waals surface area contributed by atoms with Gasteiger partial charge in [0.15, 0.2) is 0 Å². The number of carbonyl (C=O) groups is 2. The van der Waals surface area contributed by atoms with Gasteiger partial charge in [-0.05, 0) is 44.1 Å². The molecule has 0 aliphatic heterocycles. The van der Waals surface area contributed by atoms with Crippen molar-refractivity contribution in [2.24, 2.45) is 0 Å². The summed E-state index contributed by atoms with van der Waals surface area (Å²) < 4.78 is 10.5. The number of ether oxygens (including phenoxy) is 1. The minimum Gasteiger partial charge on any atom is -0.465 e. The van der Waals surface area contributed by atoms with E-state index < -0.39 is 0 Å². The lowest BCUT2D eigenvalue weighted by Crippen LogP contribution is -2.16. The van der Waals surface area contributed by atoms with Crippen LogP contribution < -0.4 is 5.32 Å². The second-order valence-corrected chi connectivity index (χ2v) is 8.81. The normalized spacial score (nSPS) is 16.5. The van der Waals surface area contributed by atoms with Gasteiger partial charge in [0.25, 0.3) is 5.22 Å². The van der Waals surface area contributed by atoms with E-state index in [1.807, 2.05) is 0 Å². The monoisotopic (exact) mass is 407 g/mol. The molecule has 0 saturated heterocycles. The lowest BCUT2D eigenvalue weighted by molar-refractivity contribution is -0.113. The van der Waals surface area contributed by atoms with Gasteiger partial charge in [0.05, 0.1) is 18.4 Å². The SMILES string of the molecule is COC(=O)c1c(NC(=O)CSc2nnc(C3CC3)o2)sc2c1CCCCC2. The summed E-state index contributed by atoms with van der Waals surface area (Å²) in [4.78, 5) is 25.9. The number of anilines is 1. The summed E-state index contributed by atoms with van der Waals surface area (Å²) in [6.45, 7) is 0. The first-order valence-corrected chi connectivity index (χ1v) is 10.9. The molecule has 1 amide bonds. The van der Waals surface area contributed by atoms with Gasteiger partial charge in [-0.2, -0.15) is 0 Å². The molecule has 1 fully saturated rings. The number of hydrogen-bond donors (Lipinski definition) is 1. The van der Waals surface area contributed by atoms with Gasteiger partial charge in [0.2, 0.25) is 11.8 Å². The maximum atomic E-state index is 12.4. The standard InChI is InChI=1S/C18H21N3O4S2/c1-24-17(23)14-11-5-3-2-4-6-12(11)27-16(14)19-13(22)9-26-18-21-20-15(25-18)10-7-8-10/h10H,2-9H2,1H3,(H,19,22). The van der Waals surface area contributed by atoms with E-state index in [9.17, 15) is 9.59 Å². The third-order valence-corrected chi connectivity index (χ3v) is 6.76. The summed E-state index contributed by atoms with van der Waals surface area (Å²) in [5.41, 5.74) is 1.56. The quantitative estimate of drug-likeness (QED) is 0.442. The van der Waals surface area contributed by atoms with E-state index in [0.717, 1.165) is 50.5 Å². The largest absolute Gasteiger partial charge is 0.465 e. The Kier molecular flexibility index (Phi) is 5.49. The summed E-state index contributed by atoms with van der Waals surface area (Å²) in [6, 6.07) is 0. The first kappa shape index (κ1) is 18.5. The van der Waals surface area contributed by atoms with Crippen LogP contribution in [0, 0.1) is 0 Å². The molecule has 0 atom stereocenters. The van der Waals surface area contributed by atoms with Crippen LogP contribution in [0.2, 0.25) is 0 Å². The van der Waals surface area contributed by atoms with Gasteiger partial charge in [-0.25, -0.2) is 4.79 Å². The van der Waals surface area contributed by atoms with E-state index >= 15 is 0 Å². The van der Waals surface area contributed by atoms with Crippen molar-refractivity contribution >= 4 is 40.0 Å². The number of nitrogens with zero attached hydrogens (tertiary/aromatic N) is 2. The molecule has 1 saturated carbocycles. The molecule has 0 aromatic carbocycles. The molecule has 0 bridgehead atoms. The van der Waals surface area contributed by atoms with Crippen LogP contribution in [0.5, 0.6) is 0 Å². The zero-order chi connectivity index (χ0) is 18.8. The minimum atomic E-state index is -0.386. The lowest BCUT2D eigenvalue weighted by Gasteiger charge is -2.07. The van der Waals surface area contributed by atoms with E-state index in [2.05, 4.69) is 15.5 Å². The van der Waals surface area contributed by atoms with Gasteiger partial charge < -0.3 is 14.5 Å². The second kappa shape index (κ2) is 8.02. The van der Waals surface area contributed by atoms with Crippen LogP contribution in [0.25, 0.3) is 0 Å². The number of carbonyl (C=O) groups excluding carboxylic acids is 2. The zero-order valence-corrected chi connectivity index (χ0v) is 16.7. The molecule has 7 nitrogen and oxygen atoms in total. The number of esters is 1. The molecule has 0 unspecified atom stereocenters. The van der Waals surface area contributed by atoms with Crippen molar-refractivity contribution in [3.63, 3.8) is 0 Å². The molecule has 2 aliphatic carbocycles. The highest BCUT2D eigenvalue weighted by Gasteiger charge is 2.30. The maximum absolute atomic E-state index is 12.4. The molecule has 27 heavy (non-hydrogen) atoms. The van der Waals surface area contributed by atoms with Crippen molar-refractivity contribution in [1.82, 2.24) is 10.2 Å². The van der Waals surface area contributed by atoms with Gasteiger partial charge in [-0.3, -0.25) is 4.79 Å². The van der Waals surface area contributed by atoms with Crippen molar-refractivity contribution in [2.45, 2.75) is 56.1 Å². The molecule has 4 rings (SSSR count). The molecule has 0 spiro atoms. The molecule has 9 heteroatoms. The third-order valence-electron chi connectivity index (χ3n) is 4.74. The van der Waals surface area contributed by atoms with Gasteiger partial charge >= 0.3 is 5.97 Å². The van der Waals surface area contributed by atoms with Crippen LogP contribution in [-0.2, 0) is 22.4 Å². The first-order valence-electron chi connectivity index (χ1n) is 9.14. The average Bonchev–Trinajstić information content (AvgIpc) is 3.38. The number of nitrogens with one attached hydrogen (secondary N) is 1. The predicted molar refractivity (Wildman–Crippen MR) is 103 cm³/mol. The topological polar surface area (TPSA) is 94.3 Å². The molecule has 0 radical (unpaired) electrons. The minimum absolute atomic E-state index is 0.148. The molecular weight excluding hydrogens is 386 g/mol. The van der Waals surface area contributed by atoms with Crippen LogP contribution in [0.15, 0.2) is 9.64 Å². The Morgan fingerprint density at radius 2 is 2.07 bits per heavy atom. The summed E-state index contributed by atoms with van der Waals surface area (Å²) in [7, 11) is 1.37. The maximum Gasteiger partial charge on any atom is 0.341 e. The predicted octanol–water partition coefficient (Wildman–Crippen LogP) is 3.79. The summed E-state index contributed by atoms with van der Waals surface area (Å²) in [5.74, 6) is 0.615. The Bertz CT molecular complexity index is 857. The summed E-state index contributed by atoms with van der Waals surface area (Å²) in [6.07, 6.45) is 7.30. The van der Waals surface area contributed by atoms with E-state index in [4.69, 9.17) is 9.15 Å². The Morgan fingerprint density at radius 1 is 1.26 bits per heavy atom. The van der Waals surface area contributed by atoms with Gasteiger partial charge in [0, 0.05) is 10.8 Å². The van der Waals surface area contributed by atoms with Crippen molar-refractivity contribution < 1.29 is 18.7 Å². The molecule has 1 N–H and O–H groups in total. The number of fused-ring (bicyclic) bond motifs is 1. The van der Waals surface area contributed by atoms with Gasteiger partial charge in [0.1, 0.15) is 5.00 Å². The summed E-state index contributed by atoms with van der Waals surface area (Å²) in [5, 5.41) is 11.9. The molecule has 144 valence electrons. The molecule has 2 aromatic heterocycles. The highest BCUT2D eigenvalue weighted by molar-refractivity contribution is 7.99. The second-order valence-electron chi connectivity index (χ2n) is 6.78. The molecule has 2 heterocycles. The van der Waals surface area contributed by atoms with Crippen molar-refractivity contribution in [1.29, 1.82) is 0 Å². The van der Waals surface area contributed by atoms with Crippen LogP contribution in [0.3, 0.4) is 0 Å². The van der Waals surface area contributed by atoms with Crippen molar-refractivity contribution in [3.05, 3.63) is 21.9 Å². The fourth-order valence-electron chi connectivity index (χ4n) is 3.21. The summed E-state index contributed by atoms with van der Waals surface area (Å²) >= 11 is 2.70. The first-order chi connectivity index (χ1) is 13.2. The third kappa shape index (κ3) is 4.19. The number of rotatable bonds is 6. The number of aryl methyl sites for hydroxylation is 1.